The standard InChI is InChI=1S/C7H12O2.Ca.2H/c1-3-5-6-9-7(8)4-2;;;/h4H,2-3,5-6H2,1H3;;;. The van der Waals surface area contributed by atoms with E-state index in [1.54, 1.807) is 0 Å². The maximum absolute atomic E-state index is 10.3. The first-order valence-electron chi connectivity index (χ1n) is 3.10. The fourth-order valence-electron chi connectivity index (χ4n) is 0.376. The van der Waals surface area contributed by atoms with E-state index >= 15 is 0 Å². The van der Waals surface area contributed by atoms with E-state index in [1.807, 2.05) is 6.92 Å². The van der Waals surface area contributed by atoms with Crippen LogP contribution in [-0.4, -0.2) is 50.3 Å². The van der Waals surface area contributed by atoms with Crippen molar-refractivity contribution < 1.29 is 9.53 Å². The predicted octanol–water partition coefficient (Wildman–Crippen LogP) is 0.599. The zero-order valence-corrected chi connectivity index (χ0v) is 5.72. The van der Waals surface area contributed by atoms with Gasteiger partial charge in [-0.05, 0) is 6.42 Å². The Kier molecular flexibility index (Phi) is 12.4. The van der Waals surface area contributed by atoms with Crippen LogP contribution in [0, 0.1) is 0 Å². The molecule has 0 aliphatic carbocycles. The van der Waals surface area contributed by atoms with Crippen LogP contribution in [0.3, 0.4) is 0 Å². The number of hydrogen-bond donors (Lipinski definition) is 0. The van der Waals surface area contributed by atoms with E-state index in [0.717, 1.165) is 12.8 Å². The molecule has 0 aromatic carbocycles. The van der Waals surface area contributed by atoms with Gasteiger partial charge < -0.3 is 4.74 Å². The average molecular weight is 170 g/mol. The van der Waals surface area contributed by atoms with Gasteiger partial charge in [0.2, 0.25) is 0 Å². The fourth-order valence-corrected chi connectivity index (χ4v) is 0.376. The van der Waals surface area contributed by atoms with E-state index in [1.165, 1.54) is 6.08 Å². The van der Waals surface area contributed by atoms with Gasteiger partial charge in [0.15, 0.2) is 0 Å². The Morgan fingerprint density at radius 2 is 2.30 bits per heavy atom. The summed E-state index contributed by atoms with van der Waals surface area (Å²) in [7, 11) is 0. The fraction of sp³-hybridized carbons (Fsp3) is 0.571. The molecule has 0 unspecified atom stereocenters. The van der Waals surface area contributed by atoms with Gasteiger partial charge in [0.05, 0.1) is 6.61 Å². The van der Waals surface area contributed by atoms with Gasteiger partial charge in [0, 0.05) is 6.08 Å². The van der Waals surface area contributed by atoms with E-state index in [0.29, 0.717) is 6.61 Å². The molecule has 0 aromatic rings. The van der Waals surface area contributed by atoms with Gasteiger partial charge >= 0.3 is 43.7 Å². The summed E-state index contributed by atoms with van der Waals surface area (Å²) in [6, 6.07) is 0. The molecule has 0 aliphatic heterocycles. The topological polar surface area (TPSA) is 26.3 Å². The molecule has 56 valence electrons. The Morgan fingerprint density at radius 3 is 2.70 bits per heavy atom. The predicted molar refractivity (Wildman–Crippen MR) is 44.6 cm³/mol. The summed E-state index contributed by atoms with van der Waals surface area (Å²) in [6.45, 7) is 5.82. The van der Waals surface area contributed by atoms with E-state index in [2.05, 4.69) is 11.3 Å². The molecule has 10 heavy (non-hydrogen) atoms. The molecular formula is C7H14CaO2. The van der Waals surface area contributed by atoms with Crippen LogP contribution >= 0.6 is 0 Å². The molecule has 0 aliphatic rings. The Balaban J connectivity index is 0. The molecule has 0 N–H and O–H groups in total. The molecule has 0 aromatic heterocycles. The van der Waals surface area contributed by atoms with E-state index in [-0.39, 0.29) is 43.7 Å². The number of carbonyl (C=O) groups excluding carboxylic acids is 1. The number of esters is 1. The Hall–Kier alpha value is 0.470. The third-order valence-electron chi connectivity index (χ3n) is 0.909. The van der Waals surface area contributed by atoms with Crippen LogP contribution < -0.4 is 0 Å². The van der Waals surface area contributed by atoms with Gasteiger partial charge in [-0.1, -0.05) is 19.9 Å². The maximum atomic E-state index is 10.3. The molecule has 0 heterocycles. The second-order valence-electron chi connectivity index (χ2n) is 1.73. The van der Waals surface area contributed by atoms with Crippen LogP contribution in [0.15, 0.2) is 12.7 Å². The first kappa shape index (κ1) is 13.1. The number of ether oxygens (including phenoxy) is 1. The summed E-state index contributed by atoms with van der Waals surface area (Å²) < 4.78 is 4.67. The van der Waals surface area contributed by atoms with Crippen molar-refractivity contribution in [1.82, 2.24) is 0 Å². The number of rotatable bonds is 4. The van der Waals surface area contributed by atoms with Crippen LogP contribution in [-0.2, 0) is 9.53 Å². The molecule has 0 spiro atoms. The van der Waals surface area contributed by atoms with E-state index in [4.69, 9.17) is 0 Å². The molecule has 3 heteroatoms. The number of unbranched alkanes of at least 4 members (excludes halogenated alkanes) is 1. The van der Waals surface area contributed by atoms with Crippen molar-refractivity contribution in [1.29, 1.82) is 0 Å². The van der Waals surface area contributed by atoms with Crippen molar-refractivity contribution in [3.8, 4) is 0 Å². The van der Waals surface area contributed by atoms with E-state index in [9.17, 15) is 4.79 Å². The molecule has 0 fully saturated rings. The number of carbonyl (C=O) groups is 1. The average Bonchev–Trinajstić information content (AvgIpc) is 1.89. The van der Waals surface area contributed by atoms with Crippen molar-refractivity contribution in [2.75, 3.05) is 6.61 Å². The van der Waals surface area contributed by atoms with Gasteiger partial charge in [-0.3, -0.25) is 0 Å². The third kappa shape index (κ3) is 8.47. The second kappa shape index (κ2) is 9.47. The molecule has 0 rings (SSSR count). The molecule has 0 radical (unpaired) electrons. The normalized spacial score (nSPS) is 7.70. The van der Waals surface area contributed by atoms with Crippen molar-refractivity contribution in [2.45, 2.75) is 19.8 Å². The first-order valence-corrected chi connectivity index (χ1v) is 3.10. The van der Waals surface area contributed by atoms with Crippen LogP contribution in [0.2, 0.25) is 0 Å². The third-order valence-corrected chi connectivity index (χ3v) is 0.909. The van der Waals surface area contributed by atoms with Gasteiger partial charge in [-0.2, -0.15) is 0 Å². The zero-order chi connectivity index (χ0) is 7.11. The molecule has 0 bridgehead atoms. The molecular weight excluding hydrogens is 156 g/mol. The van der Waals surface area contributed by atoms with Crippen LogP contribution in [0.4, 0.5) is 0 Å². The summed E-state index contributed by atoms with van der Waals surface area (Å²) in [5.41, 5.74) is 0. The molecule has 0 amide bonds. The number of hydrogen-bond acceptors (Lipinski definition) is 2. The minimum atomic E-state index is -0.330. The van der Waals surface area contributed by atoms with Crippen molar-refractivity contribution in [3.05, 3.63) is 12.7 Å². The summed E-state index contributed by atoms with van der Waals surface area (Å²) in [4.78, 5) is 10.3. The summed E-state index contributed by atoms with van der Waals surface area (Å²) >= 11 is 0. The first-order chi connectivity index (χ1) is 4.31. The Morgan fingerprint density at radius 1 is 1.70 bits per heavy atom. The van der Waals surface area contributed by atoms with Gasteiger partial charge in [0.25, 0.3) is 0 Å². The quantitative estimate of drug-likeness (QED) is 0.267. The zero-order valence-electron chi connectivity index (χ0n) is 5.72. The molecule has 0 atom stereocenters. The van der Waals surface area contributed by atoms with Gasteiger partial charge in [0.1, 0.15) is 0 Å². The Bertz CT molecular complexity index is 102. The van der Waals surface area contributed by atoms with Crippen molar-refractivity contribution >= 4 is 43.7 Å². The summed E-state index contributed by atoms with van der Waals surface area (Å²) in [5, 5.41) is 0. The molecule has 0 saturated carbocycles. The monoisotopic (exact) mass is 170 g/mol. The second-order valence-corrected chi connectivity index (χ2v) is 1.73. The summed E-state index contributed by atoms with van der Waals surface area (Å²) in [5.74, 6) is -0.330. The van der Waals surface area contributed by atoms with Crippen LogP contribution in [0.1, 0.15) is 19.8 Å². The van der Waals surface area contributed by atoms with Crippen LogP contribution in [0.25, 0.3) is 0 Å². The van der Waals surface area contributed by atoms with Gasteiger partial charge in [-0.25, -0.2) is 4.79 Å². The molecule has 0 saturated heterocycles. The van der Waals surface area contributed by atoms with Crippen molar-refractivity contribution in [2.24, 2.45) is 0 Å². The van der Waals surface area contributed by atoms with Crippen LogP contribution in [0.5, 0.6) is 0 Å². The SMILES string of the molecule is C=CC(=O)OCCCC.[CaH2]. The molecule has 2 nitrogen and oxygen atoms in total. The van der Waals surface area contributed by atoms with Crippen molar-refractivity contribution in [3.63, 3.8) is 0 Å². The Labute approximate surface area is 91.6 Å². The minimum absolute atomic E-state index is 0. The van der Waals surface area contributed by atoms with E-state index < -0.39 is 0 Å². The summed E-state index contributed by atoms with van der Waals surface area (Å²) in [6.07, 6.45) is 3.15. The van der Waals surface area contributed by atoms with Gasteiger partial charge in [-0.15, -0.1) is 0 Å².